The monoisotopic (exact) mass is 477 g/mol. The van der Waals surface area contributed by atoms with Crippen LogP contribution in [-0.2, 0) is 18.3 Å². The Labute approximate surface area is 189 Å². The fourth-order valence-corrected chi connectivity index (χ4v) is 4.97. The third kappa shape index (κ3) is 5.00. The molecule has 0 saturated heterocycles. The lowest BCUT2D eigenvalue weighted by molar-refractivity contribution is -0.115. The minimum Gasteiger partial charge on any atom is -0.309 e. The molecule has 0 fully saturated rings. The van der Waals surface area contributed by atoms with E-state index in [9.17, 15) is 13.6 Å². The number of aromatic nitrogens is 4. The molecule has 0 unspecified atom stereocenters. The van der Waals surface area contributed by atoms with E-state index < -0.39 is 16.9 Å². The van der Waals surface area contributed by atoms with Crippen LogP contribution in [0, 0.1) is 11.6 Å². The molecule has 31 heavy (non-hydrogen) atoms. The number of rotatable bonds is 7. The number of benzene rings is 1. The minimum atomic E-state index is -0.941. The molecule has 1 amide bonds. The summed E-state index contributed by atoms with van der Waals surface area (Å²) in [5, 5.41) is 15.5. The lowest BCUT2D eigenvalue weighted by Crippen LogP contribution is -2.22. The van der Waals surface area contributed by atoms with Crippen molar-refractivity contribution in [2.24, 2.45) is 7.05 Å². The molecular weight excluding hydrogens is 460 g/mol. The minimum absolute atomic E-state index is 0.237. The molecule has 0 aliphatic heterocycles. The molecule has 0 bridgehead atoms. The van der Waals surface area contributed by atoms with E-state index in [1.54, 1.807) is 23.6 Å². The second-order valence-electron chi connectivity index (χ2n) is 6.63. The van der Waals surface area contributed by atoms with Gasteiger partial charge < -0.3 is 9.88 Å². The molecule has 4 rings (SSSR count). The van der Waals surface area contributed by atoms with Gasteiger partial charge in [0.25, 0.3) is 0 Å². The van der Waals surface area contributed by atoms with Gasteiger partial charge in [0.15, 0.2) is 21.9 Å². The molecule has 4 aromatic rings. The van der Waals surface area contributed by atoms with E-state index in [0.29, 0.717) is 28.0 Å². The van der Waals surface area contributed by atoms with Gasteiger partial charge in [-0.2, -0.15) is 0 Å². The van der Waals surface area contributed by atoms with Gasteiger partial charge in [-0.3, -0.25) is 4.79 Å². The number of thiazole rings is 1. The summed E-state index contributed by atoms with van der Waals surface area (Å²) in [6.45, 7) is 1.78. The van der Waals surface area contributed by atoms with Crippen molar-refractivity contribution in [3.05, 3.63) is 63.4 Å². The van der Waals surface area contributed by atoms with Crippen LogP contribution in [0.15, 0.2) is 46.2 Å². The van der Waals surface area contributed by atoms with E-state index in [-0.39, 0.29) is 5.91 Å². The Balaban J connectivity index is 1.39. The van der Waals surface area contributed by atoms with Gasteiger partial charge in [-0.1, -0.05) is 17.8 Å². The maximum atomic E-state index is 13.5. The van der Waals surface area contributed by atoms with E-state index in [1.807, 2.05) is 29.1 Å². The van der Waals surface area contributed by atoms with E-state index in [2.05, 4.69) is 20.5 Å². The number of hydrogen-bond acceptors (Lipinski definition) is 7. The van der Waals surface area contributed by atoms with Gasteiger partial charge in [0.2, 0.25) is 5.91 Å². The van der Waals surface area contributed by atoms with Gasteiger partial charge in [-0.05, 0) is 36.6 Å². The highest BCUT2D eigenvalue weighted by atomic mass is 32.2. The van der Waals surface area contributed by atoms with Gasteiger partial charge >= 0.3 is 0 Å². The van der Waals surface area contributed by atoms with Crippen LogP contribution in [0.4, 0.5) is 13.9 Å². The van der Waals surface area contributed by atoms with Crippen molar-refractivity contribution in [3.8, 4) is 11.3 Å². The Morgan fingerprint density at radius 2 is 2.06 bits per heavy atom. The highest BCUT2D eigenvalue weighted by Crippen LogP contribution is 2.28. The van der Waals surface area contributed by atoms with Crippen molar-refractivity contribution in [3.63, 3.8) is 0 Å². The van der Waals surface area contributed by atoms with E-state index in [0.717, 1.165) is 18.0 Å². The van der Waals surface area contributed by atoms with Gasteiger partial charge in [-0.15, -0.1) is 32.9 Å². The lowest BCUT2D eigenvalue weighted by atomic mass is 10.2. The molecule has 1 aromatic carbocycles. The van der Waals surface area contributed by atoms with Crippen LogP contribution >= 0.6 is 34.4 Å². The highest BCUT2D eigenvalue weighted by Gasteiger charge is 2.20. The first-order valence-electron chi connectivity index (χ1n) is 9.20. The zero-order valence-electron chi connectivity index (χ0n) is 16.5. The molecule has 1 atom stereocenters. The number of carbonyl (C=O) groups is 1. The zero-order valence-corrected chi connectivity index (χ0v) is 19.0. The summed E-state index contributed by atoms with van der Waals surface area (Å²) in [6, 6.07) is 7.62. The molecule has 3 aromatic heterocycles. The smallest absolute Gasteiger partial charge is 0.239 e. The van der Waals surface area contributed by atoms with E-state index >= 15 is 0 Å². The Morgan fingerprint density at radius 3 is 2.81 bits per heavy atom. The first-order valence-corrected chi connectivity index (χ1v) is 11.8. The zero-order chi connectivity index (χ0) is 22.0. The summed E-state index contributed by atoms with van der Waals surface area (Å²) in [5.74, 6) is -1.27. The average molecular weight is 478 g/mol. The third-order valence-electron chi connectivity index (χ3n) is 4.44. The van der Waals surface area contributed by atoms with Gasteiger partial charge in [0, 0.05) is 29.3 Å². The molecule has 0 spiro atoms. The molecule has 11 heteroatoms. The number of thiophene rings is 1. The molecular formula is C20H17F2N5OS3. The molecule has 0 saturated carbocycles. The van der Waals surface area contributed by atoms with Crippen LogP contribution in [0.1, 0.15) is 17.6 Å². The first-order chi connectivity index (χ1) is 14.9. The predicted octanol–water partition coefficient (Wildman–Crippen LogP) is 4.99. The molecule has 160 valence electrons. The van der Waals surface area contributed by atoms with E-state index in [4.69, 9.17) is 0 Å². The quantitative estimate of drug-likeness (QED) is 0.380. The van der Waals surface area contributed by atoms with Crippen LogP contribution in [0.3, 0.4) is 0 Å². The largest absolute Gasteiger partial charge is 0.309 e. The maximum Gasteiger partial charge on any atom is 0.239 e. The van der Waals surface area contributed by atoms with Crippen molar-refractivity contribution in [1.82, 2.24) is 19.7 Å². The van der Waals surface area contributed by atoms with Crippen molar-refractivity contribution >= 4 is 45.5 Å². The van der Waals surface area contributed by atoms with Crippen LogP contribution in [0.2, 0.25) is 0 Å². The number of nitrogens with zero attached hydrogens (tertiary/aromatic N) is 4. The number of nitrogens with one attached hydrogen (secondary N) is 1. The Morgan fingerprint density at radius 1 is 1.23 bits per heavy atom. The van der Waals surface area contributed by atoms with Gasteiger partial charge in [-0.25, -0.2) is 13.8 Å². The summed E-state index contributed by atoms with van der Waals surface area (Å²) in [4.78, 5) is 18.1. The van der Waals surface area contributed by atoms with Crippen LogP contribution in [0.5, 0.6) is 0 Å². The maximum absolute atomic E-state index is 13.5. The molecule has 1 N–H and O–H groups in total. The van der Waals surface area contributed by atoms with Gasteiger partial charge in [0.05, 0.1) is 10.9 Å². The van der Waals surface area contributed by atoms with Crippen molar-refractivity contribution in [2.75, 3.05) is 5.32 Å². The number of hydrogen-bond donors (Lipinski definition) is 1. The first kappa shape index (κ1) is 21.6. The van der Waals surface area contributed by atoms with E-state index in [1.165, 1.54) is 34.0 Å². The van der Waals surface area contributed by atoms with Crippen LogP contribution in [-0.4, -0.2) is 30.9 Å². The Bertz CT molecular complexity index is 1210. The number of halogens is 2. The van der Waals surface area contributed by atoms with Crippen LogP contribution in [0.25, 0.3) is 11.3 Å². The number of amides is 1. The topological polar surface area (TPSA) is 72.7 Å². The number of carbonyl (C=O) groups excluding carboxylic acids is 1. The lowest BCUT2D eigenvalue weighted by Gasteiger charge is -2.10. The van der Waals surface area contributed by atoms with Crippen molar-refractivity contribution < 1.29 is 13.6 Å². The molecule has 3 heterocycles. The average Bonchev–Trinajstić information content (AvgIpc) is 3.49. The third-order valence-corrected chi connectivity index (χ3v) is 7.21. The molecule has 0 aliphatic carbocycles. The fraction of sp³-hybridized carbons (Fsp3) is 0.200. The summed E-state index contributed by atoms with van der Waals surface area (Å²) in [5.41, 5.74) is 0.904. The second-order valence-corrected chi connectivity index (χ2v) is 9.83. The number of anilines is 1. The Kier molecular flexibility index (Phi) is 6.44. The predicted molar refractivity (Wildman–Crippen MR) is 120 cm³/mol. The SMILES string of the molecule is C[C@@H](Sc1nnc(Cc2cccs2)n1C)C(=O)Nc1nc(-c2ccc(F)c(F)c2)cs1. The molecule has 6 nitrogen and oxygen atoms in total. The summed E-state index contributed by atoms with van der Waals surface area (Å²) in [7, 11) is 1.88. The number of thioether (sulfide) groups is 1. The summed E-state index contributed by atoms with van der Waals surface area (Å²) in [6.07, 6.45) is 0.689. The van der Waals surface area contributed by atoms with Crippen molar-refractivity contribution in [2.45, 2.75) is 23.8 Å². The van der Waals surface area contributed by atoms with Gasteiger partial charge in [0.1, 0.15) is 5.82 Å². The molecule has 0 aliphatic rings. The standard InChI is InChI=1S/C20H17F2N5OS3/c1-11(31-20-26-25-17(27(20)2)9-13-4-3-7-29-13)18(28)24-19-23-16(10-30-19)12-5-6-14(21)15(22)8-12/h3-8,10-11H,9H2,1-2H3,(H,23,24,28)/t11-/m1/s1. The summed E-state index contributed by atoms with van der Waals surface area (Å²) < 4.78 is 28.5. The Hall–Kier alpha value is -2.63. The molecule has 0 radical (unpaired) electrons. The second kappa shape index (κ2) is 9.25. The highest BCUT2D eigenvalue weighted by molar-refractivity contribution is 8.00. The fourth-order valence-electron chi connectivity index (χ4n) is 2.71. The normalized spacial score (nSPS) is 12.1. The van der Waals surface area contributed by atoms with Crippen molar-refractivity contribution in [1.29, 1.82) is 0 Å². The summed E-state index contributed by atoms with van der Waals surface area (Å²) >= 11 is 4.18. The van der Waals surface area contributed by atoms with Crippen LogP contribution < -0.4 is 5.32 Å².